The predicted molar refractivity (Wildman–Crippen MR) is 91.4 cm³/mol. The van der Waals surface area contributed by atoms with Gasteiger partial charge in [0.15, 0.2) is 0 Å². The Bertz CT molecular complexity index is 535. The van der Waals surface area contributed by atoms with Crippen LogP contribution in [0.4, 0.5) is 5.69 Å². The summed E-state index contributed by atoms with van der Waals surface area (Å²) in [6.07, 6.45) is 1.56. The summed E-state index contributed by atoms with van der Waals surface area (Å²) in [6, 6.07) is 4.85. The van der Waals surface area contributed by atoms with Crippen LogP contribution in [0, 0.1) is 5.92 Å². The molecule has 0 radical (unpaired) electrons. The molecule has 1 aromatic rings. The Morgan fingerprint density at radius 3 is 2.50 bits per heavy atom. The highest BCUT2D eigenvalue weighted by Gasteiger charge is 2.21. The number of carbonyl (C=O) groups excluding carboxylic acids is 2. The van der Waals surface area contributed by atoms with E-state index in [1.54, 1.807) is 23.1 Å². The number of amides is 2. The fourth-order valence-corrected chi connectivity index (χ4v) is 2.43. The van der Waals surface area contributed by atoms with Gasteiger partial charge in [0.05, 0.1) is 17.3 Å². The third-order valence-corrected chi connectivity index (χ3v) is 3.93. The molecule has 0 saturated heterocycles. The molecule has 1 rings (SSSR count). The zero-order valence-corrected chi connectivity index (χ0v) is 14.7. The van der Waals surface area contributed by atoms with Crippen LogP contribution in [-0.4, -0.2) is 29.8 Å². The van der Waals surface area contributed by atoms with Gasteiger partial charge in [-0.2, -0.15) is 0 Å². The lowest BCUT2D eigenvalue weighted by atomic mass is 10.1. The van der Waals surface area contributed by atoms with Crippen molar-refractivity contribution in [2.75, 3.05) is 18.4 Å². The van der Waals surface area contributed by atoms with E-state index in [0.29, 0.717) is 22.3 Å². The normalized spacial score (nSPS) is 11.9. The number of halogens is 2. The molecular weight excluding hydrogens is 323 g/mol. The van der Waals surface area contributed by atoms with E-state index in [2.05, 4.69) is 5.32 Å². The van der Waals surface area contributed by atoms with Gasteiger partial charge in [-0.05, 0) is 31.0 Å². The summed E-state index contributed by atoms with van der Waals surface area (Å²) in [4.78, 5) is 26.0. The van der Waals surface area contributed by atoms with Gasteiger partial charge in [-0.15, -0.1) is 0 Å². The summed E-state index contributed by atoms with van der Waals surface area (Å²) < 4.78 is 0. The zero-order chi connectivity index (χ0) is 16.7. The lowest BCUT2D eigenvalue weighted by molar-refractivity contribution is -0.138. The topological polar surface area (TPSA) is 49.4 Å². The molecular formula is C16H22Cl2N2O2. The van der Waals surface area contributed by atoms with Gasteiger partial charge < -0.3 is 10.2 Å². The highest BCUT2D eigenvalue weighted by molar-refractivity contribution is 6.36. The van der Waals surface area contributed by atoms with Crippen molar-refractivity contribution in [3.63, 3.8) is 0 Å². The van der Waals surface area contributed by atoms with Gasteiger partial charge >= 0.3 is 0 Å². The standard InChI is InChI=1S/C16H22Cl2N2O2/c1-4-8-20(16(22)11(3)5-2)10-15(21)19-14-7-6-12(17)9-13(14)18/h6-7,9,11H,4-5,8,10H2,1-3H3,(H,19,21). The molecule has 1 N–H and O–H groups in total. The van der Waals surface area contributed by atoms with Crippen LogP contribution in [0.1, 0.15) is 33.6 Å². The minimum atomic E-state index is -0.269. The second-order valence-corrected chi connectivity index (χ2v) is 6.09. The highest BCUT2D eigenvalue weighted by atomic mass is 35.5. The number of rotatable bonds is 7. The van der Waals surface area contributed by atoms with Crippen molar-refractivity contribution < 1.29 is 9.59 Å². The Morgan fingerprint density at radius 2 is 1.95 bits per heavy atom. The first kappa shape index (κ1) is 18.8. The van der Waals surface area contributed by atoms with E-state index >= 15 is 0 Å². The summed E-state index contributed by atoms with van der Waals surface area (Å²) in [6.45, 7) is 6.39. The van der Waals surface area contributed by atoms with Crippen LogP contribution >= 0.6 is 23.2 Å². The van der Waals surface area contributed by atoms with E-state index in [-0.39, 0.29) is 24.3 Å². The second-order valence-electron chi connectivity index (χ2n) is 5.24. The van der Waals surface area contributed by atoms with Gasteiger partial charge in [0.2, 0.25) is 11.8 Å². The number of nitrogens with one attached hydrogen (secondary N) is 1. The van der Waals surface area contributed by atoms with E-state index in [4.69, 9.17) is 23.2 Å². The van der Waals surface area contributed by atoms with Crippen LogP contribution in [0.3, 0.4) is 0 Å². The monoisotopic (exact) mass is 344 g/mol. The SMILES string of the molecule is CCCN(CC(=O)Nc1ccc(Cl)cc1Cl)C(=O)C(C)CC. The zero-order valence-electron chi connectivity index (χ0n) is 13.2. The highest BCUT2D eigenvalue weighted by Crippen LogP contribution is 2.25. The molecule has 1 atom stereocenters. The molecule has 0 aliphatic carbocycles. The number of anilines is 1. The minimum absolute atomic E-state index is 0.00158. The number of hydrogen-bond donors (Lipinski definition) is 1. The lowest BCUT2D eigenvalue weighted by Gasteiger charge is -2.24. The van der Waals surface area contributed by atoms with E-state index in [0.717, 1.165) is 12.8 Å². The molecule has 22 heavy (non-hydrogen) atoms. The molecule has 4 nitrogen and oxygen atoms in total. The van der Waals surface area contributed by atoms with Gasteiger partial charge in [-0.25, -0.2) is 0 Å². The van der Waals surface area contributed by atoms with Gasteiger partial charge in [0.25, 0.3) is 0 Å². The van der Waals surface area contributed by atoms with E-state index in [9.17, 15) is 9.59 Å². The van der Waals surface area contributed by atoms with E-state index in [1.165, 1.54) is 0 Å². The van der Waals surface area contributed by atoms with Crippen molar-refractivity contribution in [1.82, 2.24) is 4.90 Å². The molecule has 122 valence electrons. The van der Waals surface area contributed by atoms with Crippen LogP contribution in [-0.2, 0) is 9.59 Å². The second kappa shape index (κ2) is 9.01. The minimum Gasteiger partial charge on any atom is -0.333 e. The van der Waals surface area contributed by atoms with Crippen LogP contribution in [0.5, 0.6) is 0 Å². The third kappa shape index (κ3) is 5.50. The van der Waals surface area contributed by atoms with Gasteiger partial charge in [0, 0.05) is 17.5 Å². The first-order chi connectivity index (χ1) is 10.4. The maximum Gasteiger partial charge on any atom is 0.244 e. The number of hydrogen-bond acceptors (Lipinski definition) is 2. The van der Waals surface area contributed by atoms with Crippen LogP contribution in [0.2, 0.25) is 10.0 Å². The molecule has 0 aromatic heterocycles. The lowest BCUT2D eigenvalue weighted by Crippen LogP contribution is -2.41. The Hall–Kier alpha value is -1.26. The Labute approximate surface area is 141 Å². The third-order valence-electron chi connectivity index (χ3n) is 3.38. The Kier molecular flexibility index (Phi) is 7.69. The summed E-state index contributed by atoms with van der Waals surface area (Å²) in [5, 5.41) is 3.59. The molecule has 0 saturated carbocycles. The van der Waals surface area contributed by atoms with Crippen molar-refractivity contribution in [1.29, 1.82) is 0 Å². The van der Waals surface area contributed by atoms with Gasteiger partial charge in [-0.1, -0.05) is 44.0 Å². The molecule has 0 bridgehead atoms. The Balaban J connectivity index is 2.72. The smallest absolute Gasteiger partial charge is 0.244 e. The molecule has 0 aliphatic heterocycles. The van der Waals surface area contributed by atoms with Crippen molar-refractivity contribution >= 4 is 40.7 Å². The molecule has 2 amide bonds. The van der Waals surface area contributed by atoms with E-state index < -0.39 is 0 Å². The van der Waals surface area contributed by atoms with Crippen molar-refractivity contribution in [3.8, 4) is 0 Å². The van der Waals surface area contributed by atoms with E-state index in [1.807, 2.05) is 20.8 Å². The van der Waals surface area contributed by atoms with Crippen LogP contribution in [0.15, 0.2) is 18.2 Å². The fraction of sp³-hybridized carbons (Fsp3) is 0.500. The number of benzene rings is 1. The first-order valence-corrected chi connectivity index (χ1v) is 8.18. The van der Waals surface area contributed by atoms with Crippen molar-refractivity contribution in [2.24, 2.45) is 5.92 Å². The predicted octanol–water partition coefficient (Wildman–Crippen LogP) is 4.22. The molecule has 0 spiro atoms. The maximum absolute atomic E-state index is 12.3. The summed E-state index contributed by atoms with van der Waals surface area (Å²) in [5.41, 5.74) is 0.489. The largest absolute Gasteiger partial charge is 0.333 e. The molecule has 0 fully saturated rings. The van der Waals surface area contributed by atoms with Gasteiger partial charge in [-0.3, -0.25) is 9.59 Å². The van der Waals surface area contributed by atoms with Crippen LogP contribution in [0.25, 0.3) is 0 Å². The average molecular weight is 345 g/mol. The number of nitrogens with zero attached hydrogens (tertiary/aromatic N) is 1. The Morgan fingerprint density at radius 1 is 1.27 bits per heavy atom. The molecule has 1 unspecified atom stereocenters. The fourth-order valence-electron chi connectivity index (χ4n) is 1.98. The number of carbonyl (C=O) groups is 2. The summed E-state index contributed by atoms with van der Waals surface area (Å²) in [7, 11) is 0. The van der Waals surface area contributed by atoms with Crippen LogP contribution < -0.4 is 5.32 Å². The quantitative estimate of drug-likeness (QED) is 0.804. The first-order valence-electron chi connectivity index (χ1n) is 7.42. The molecule has 6 heteroatoms. The summed E-state index contributed by atoms with van der Waals surface area (Å²) >= 11 is 11.8. The van der Waals surface area contributed by atoms with Gasteiger partial charge in [0.1, 0.15) is 0 Å². The molecule has 0 aliphatic rings. The maximum atomic E-state index is 12.3. The molecule has 0 heterocycles. The average Bonchev–Trinajstić information content (AvgIpc) is 2.48. The van der Waals surface area contributed by atoms with Crippen molar-refractivity contribution in [3.05, 3.63) is 28.2 Å². The summed E-state index contributed by atoms with van der Waals surface area (Å²) in [5.74, 6) is -0.352. The van der Waals surface area contributed by atoms with Crippen molar-refractivity contribution in [2.45, 2.75) is 33.6 Å². The molecule has 1 aromatic carbocycles.